The molecular formula is C10H9NO2. The lowest BCUT2D eigenvalue weighted by atomic mass is 10.1. The predicted molar refractivity (Wildman–Crippen MR) is 51.0 cm³/mol. The van der Waals surface area contributed by atoms with Crippen LogP contribution in [0.2, 0.25) is 0 Å². The van der Waals surface area contributed by atoms with E-state index in [1.807, 2.05) is 29.7 Å². The molecule has 66 valence electrons. The van der Waals surface area contributed by atoms with Crippen LogP contribution in [0.3, 0.4) is 0 Å². The van der Waals surface area contributed by atoms with Gasteiger partial charge >= 0.3 is 0 Å². The van der Waals surface area contributed by atoms with Crippen LogP contribution >= 0.6 is 0 Å². The van der Waals surface area contributed by atoms with E-state index >= 15 is 0 Å². The van der Waals surface area contributed by atoms with E-state index in [-0.39, 0.29) is 5.75 Å². The van der Waals surface area contributed by atoms with Crippen LogP contribution in [0.4, 0.5) is 5.69 Å². The molecule has 0 atom stereocenters. The standard InChI is InChI=1S/C10H9NO2/c12-9-6-5-7-3-1-2-4-8(7)10(9)11-13/h1-6,11-13H. The van der Waals surface area contributed by atoms with E-state index in [4.69, 9.17) is 5.21 Å². The molecular weight excluding hydrogens is 166 g/mol. The summed E-state index contributed by atoms with van der Waals surface area (Å²) in [4.78, 5) is 0. The van der Waals surface area contributed by atoms with Crippen LogP contribution in [-0.4, -0.2) is 10.3 Å². The van der Waals surface area contributed by atoms with Gasteiger partial charge in [0, 0.05) is 5.39 Å². The molecule has 0 aliphatic carbocycles. The van der Waals surface area contributed by atoms with Gasteiger partial charge in [0.1, 0.15) is 11.4 Å². The number of nitrogens with one attached hydrogen (secondary N) is 1. The van der Waals surface area contributed by atoms with Crippen LogP contribution in [0.1, 0.15) is 0 Å². The first kappa shape index (κ1) is 7.89. The highest BCUT2D eigenvalue weighted by molar-refractivity contribution is 5.96. The summed E-state index contributed by atoms with van der Waals surface area (Å²) in [6, 6.07) is 10.8. The summed E-state index contributed by atoms with van der Waals surface area (Å²) < 4.78 is 0. The fourth-order valence-electron chi connectivity index (χ4n) is 1.38. The number of aromatic hydroxyl groups is 1. The number of anilines is 1. The van der Waals surface area contributed by atoms with Gasteiger partial charge in [-0.3, -0.25) is 10.7 Å². The molecule has 3 N–H and O–H groups in total. The van der Waals surface area contributed by atoms with E-state index in [1.165, 1.54) is 0 Å². The number of benzene rings is 2. The largest absolute Gasteiger partial charge is 0.506 e. The highest BCUT2D eigenvalue weighted by atomic mass is 16.5. The molecule has 0 radical (unpaired) electrons. The molecule has 0 heterocycles. The van der Waals surface area contributed by atoms with E-state index < -0.39 is 0 Å². The Labute approximate surface area is 75.2 Å². The molecule has 0 aliphatic heterocycles. The van der Waals surface area contributed by atoms with Crippen molar-refractivity contribution < 1.29 is 10.3 Å². The third kappa shape index (κ3) is 1.19. The van der Waals surface area contributed by atoms with Crippen molar-refractivity contribution in [1.29, 1.82) is 0 Å². The molecule has 0 aromatic heterocycles. The molecule has 0 saturated carbocycles. The summed E-state index contributed by atoms with van der Waals surface area (Å²) in [5.41, 5.74) is 2.33. The molecule has 3 heteroatoms. The average molecular weight is 175 g/mol. The number of phenols is 1. The van der Waals surface area contributed by atoms with Crippen LogP contribution in [0, 0.1) is 0 Å². The maximum Gasteiger partial charge on any atom is 0.141 e. The van der Waals surface area contributed by atoms with Gasteiger partial charge in [-0.25, -0.2) is 0 Å². The summed E-state index contributed by atoms with van der Waals surface area (Å²) in [5.74, 6) is 0.0428. The lowest BCUT2D eigenvalue weighted by Gasteiger charge is -2.06. The Morgan fingerprint density at radius 2 is 1.77 bits per heavy atom. The molecule has 2 aromatic carbocycles. The van der Waals surface area contributed by atoms with E-state index in [9.17, 15) is 5.11 Å². The Balaban J connectivity index is 2.84. The normalized spacial score (nSPS) is 10.2. The third-order valence-electron chi connectivity index (χ3n) is 2.02. The zero-order valence-corrected chi connectivity index (χ0v) is 6.86. The Kier molecular flexibility index (Phi) is 1.79. The second kappa shape index (κ2) is 2.95. The molecule has 0 fully saturated rings. The molecule has 2 aromatic rings. The first-order valence-electron chi connectivity index (χ1n) is 3.94. The summed E-state index contributed by atoms with van der Waals surface area (Å²) in [6.07, 6.45) is 0. The number of fused-ring (bicyclic) bond motifs is 1. The van der Waals surface area contributed by atoms with Crippen molar-refractivity contribution in [1.82, 2.24) is 0 Å². The smallest absolute Gasteiger partial charge is 0.141 e. The maximum absolute atomic E-state index is 9.39. The Bertz CT molecular complexity index is 440. The third-order valence-corrected chi connectivity index (χ3v) is 2.02. The maximum atomic E-state index is 9.39. The highest BCUT2D eigenvalue weighted by Crippen LogP contribution is 2.31. The minimum atomic E-state index is 0.0428. The lowest BCUT2D eigenvalue weighted by molar-refractivity contribution is 0.382. The van der Waals surface area contributed by atoms with Crippen LogP contribution in [0.5, 0.6) is 5.75 Å². The molecule has 3 nitrogen and oxygen atoms in total. The molecule has 0 aliphatic rings. The zero-order valence-electron chi connectivity index (χ0n) is 6.86. The van der Waals surface area contributed by atoms with Crippen molar-refractivity contribution in [3.63, 3.8) is 0 Å². The van der Waals surface area contributed by atoms with Crippen molar-refractivity contribution >= 4 is 16.5 Å². The van der Waals surface area contributed by atoms with Crippen molar-refractivity contribution in [3.05, 3.63) is 36.4 Å². The van der Waals surface area contributed by atoms with E-state index in [2.05, 4.69) is 0 Å². The Morgan fingerprint density at radius 1 is 1.00 bits per heavy atom. The second-order valence-corrected chi connectivity index (χ2v) is 2.79. The van der Waals surface area contributed by atoms with Gasteiger partial charge in [-0.1, -0.05) is 30.3 Å². The van der Waals surface area contributed by atoms with Gasteiger partial charge in [0.25, 0.3) is 0 Å². The van der Waals surface area contributed by atoms with Gasteiger partial charge in [0.15, 0.2) is 0 Å². The van der Waals surface area contributed by atoms with Crippen molar-refractivity contribution in [2.75, 3.05) is 5.48 Å². The van der Waals surface area contributed by atoms with Crippen LogP contribution < -0.4 is 5.48 Å². The first-order valence-corrected chi connectivity index (χ1v) is 3.94. The van der Waals surface area contributed by atoms with Gasteiger partial charge in [-0.05, 0) is 11.5 Å². The monoisotopic (exact) mass is 175 g/mol. The molecule has 0 unspecified atom stereocenters. The van der Waals surface area contributed by atoms with Crippen LogP contribution in [-0.2, 0) is 0 Å². The SMILES string of the molecule is ONc1c(O)ccc2ccccc12. The second-order valence-electron chi connectivity index (χ2n) is 2.79. The average Bonchev–Trinajstić information content (AvgIpc) is 2.18. The first-order chi connectivity index (χ1) is 6.33. The number of rotatable bonds is 1. The fourth-order valence-corrected chi connectivity index (χ4v) is 1.38. The van der Waals surface area contributed by atoms with Crippen molar-refractivity contribution in [2.24, 2.45) is 0 Å². The van der Waals surface area contributed by atoms with Crippen molar-refractivity contribution in [3.8, 4) is 5.75 Å². The fraction of sp³-hybridized carbons (Fsp3) is 0. The number of hydrogen-bond donors (Lipinski definition) is 3. The molecule has 13 heavy (non-hydrogen) atoms. The summed E-state index contributed by atoms with van der Waals surface area (Å²) in [6.45, 7) is 0. The lowest BCUT2D eigenvalue weighted by Crippen LogP contribution is -1.90. The predicted octanol–water partition coefficient (Wildman–Crippen LogP) is 2.35. The van der Waals surface area contributed by atoms with E-state index in [0.717, 1.165) is 10.8 Å². The molecule has 2 rings (SSSR count). The van der Waals surface area contributed by atoms with Crippen LogP contribution in [0.25, 0.3) is 10.8 Å². The van der Waals surface area contributed by atoms with Gasteiger partial charge in [0.05, 0.1) is 0 Å². The minimum Gasteiger partial charge on any atom is -0.506 e. The number of hydrogen-bond acceptors (Lipinski definition) is 3. The molecule has 0 amide bonds. The van der Waals surface area contributed by atoms with Gasteiger partial charge in [-0.15, -0.1) is 0 Å². The van der Waals surface area contributed by atoms with Gasteiger partial charge in [0.2, 0.25) is 0 Å². The summed E-state index contributed by atoms with van der Waals surface area (Å²) >= 11 is 0. The number of phenolic OH excluding ortho intramolecular Hbond substituents is 1. The van der Waals surface area contributed by atoms with Crippen molar-refractivity contribution in [2.45, 2.75) is 0 Å². The minimum absolute atomic E-state index is 0.0428. The molecule has 0 bridgehead atoms. The van der Waals surface area contributed by atoms with E-state index in [0.29, 0.717) is 5.69 Å². The molecule has 0 saturated heterocycles. The topological polar surface area (TPSA) is 52.5 Å². The van der Waals surface area contributed by atoms with Crippen LogP contribution in [0.15, 0.2) is 36.4 Å². The summed E-state index contributed by atoms with van der Waals surface area (Å²) in [7, 11) is 0. The highest BCUT2D eigenvalue weighted by Gasteiger charge is 2.03. The Morgan fingerprint density at radius 3 is 2.54 bits per heavy atom. The quantitative estimate of drug-likeness (QED) is 0.460. The van der Waals surface area contributed by atoms with E-state index in [1.54, 1.807) is 12.1 Å². The van der Waals surface area contributed by atoms with Gasteiger partial charge in [-0.2, -0.15) is 0 Å². The zero-order chi connectivity index (χ0) is 9.26. The molecule has 0 spiro atoms. The summed E-state index contributed by atoms with van der Waals surface area (Å²) in [5, 5.41) is 20.0. The Hall–Kier alpha value is -1.74. The van der Waals surface area contributed by atoms with Gasteiger partial charge < -0.3 is 5.11 Å².